The molecule has 130 valence electrons. The van der Waals surface area contributed by atoms with Gasteiger partial charge in [0.2, 0.25) is 0 Å². The lowest BCUT2D eigenvalue weighted by atomic mass is 10.2. The van der Waals surface area contributed by atoms with Crippen LogP contribution >= 0.6 is 11.6 Å². The molecule has 5 heteroatoms. The summed E-state index contributed by atoms with van der Waals surface area (Å²) in [7, 11) is 1.69. The molecule has 0 saturated carbocycles. The Morgan fingerprint density at radius 1 is 1.08 bits per heavy atom. The fourth-order valence-electron chi connectivity index (χ4n) is 3.17. The van der Waals surface area contributed by atoms with Gasteiger partial charge in [0.05, 0.1) is 17.7 Å². The van der Waals surface area contributed by atoms with Crippen LogP contribution < -0.4 is 9.64 Å². The first-order valence-corrected chi connectivity index (χ1v) is 8.87. The Labute approximate surface area is 154 Å². The third kappa shape index (κ3) is 4.45. The van der Waals surface area contributed by atoms with Crippen LogP contribution in [0.3, 0.4) is 0 Å². The van der Waals surface area contributed by atoms with E-state index in [0.717, 1.165) is 50.6 Å². The summed E-state index contributed by atoms with van der Waals surface area (Å²) < 4.78 is 5.22. The van der Waals surface area contributed by atoms with Crippen LogP contribution in [0, 0.1) is 11.3 Å². The van der Waals surface area contributed by atoms with Crippen molar-refractivity contribution in [1.29, 1.82) is 5.26 Å². The summed E-state index contributed by atoms with van der Waals surface area (Å²) in [6, 6.07) is 16.1. The lowest BCUT2D eigenvalue weighted by Crippen LogP contribution is -2.30. The Morgan fingerprint density at radius 3 is 2.56 bits per heavy atom. The first-order chi connectivity index (χ1) is 12.2. The minimum Gasteiger partial charge on any atom is -0.497 e. The zero-order chi connectivity index (χ0) is 17.6. The van der Waals surface area contributed by atoms with Crippen molar-refractivity contribution in [2.45, 2.75) is 13.0 Å². The van der Waals surface area contributed by atoms with E-state index >= 15 is 0 Å². The molecule has 2 aromatic rings. The second-order valence-electron chi connectivity index (χ2n) is 6.24. The number of hydrogen-bond donors (Lipinski definition) is 0. The van der Waals surface area contributed by atoms with Crippen molar-refractivity contribution < 1.29 is 4.74 Å². The van der Waals surface area contributed by atoms with E-state index in [0.29, 0.717) is 10.6 Å². The Balaban J connectivity index is 1.62. The van der Waals surface area contributed by atoms with Crippen LogP contribution in [0.2, 0.25) is 5.02 Å². The van der Waals surface area contributed by atoms with Crippen LogP contribution in [-0.2, 0) is 6.54 Å². The summed E-state index contributed by atoms with van der Waals surface area (Å²) in [6.45, 7) is 4.99. The number of halogens is 1. The van der Waals surface area contributed by atoms with Gasteiger partial charge in [-0.25, -0.2) is 0 Å². The molecule has 0 aliphatic carbocycles. The van der Waals surface area contributed by atoms with Crippen molar-refractivity contribution in [2.24, 2.45) is 0 Å². The molecule has 0 unspecified atom stereocenters. The van der Waals surface area contributed by atoms with E-state index in [1.54, 1.807) is 13.2 Å². The third-order valence-electron chi connectivity index (χ3n) is 4.59. The van der Waals surface area contributed by atoms with E-state index in [9.17, 15) is 0 Å². The van der Waals surface area contributed by atoms with Crippen molar-refractivity contribution in [2.75, 3.05) is 38.2 Å². The number of anilines is 1. The van der Waals surface area contributed by atoms with E-state index in [1.165, 1.54) is 5.56 Å². The molecule has 1 heterocycles. The van der Waals surface area contributed by atoms with Crippen molar-refractivity contribution in [3.63, 3.8) is 0 Å². The number of rotatable bonds is 4. The number of nitrogens with zero attached hydrogens (tertiary/aromatic N) is 3. The molecular formula is C20H22ClN3O. The highest BCUT2D eigenvalue weighted by Gasteiger charge is 2.16. The molecule has 0 aromatic heterocycles. The Bertz CT molecular complexity index is 755. The number of ether oxygens (including phenoxy) is 1. The highest BCUT2D eigenvalue weighted by Crippen LogP contribution is 2.24. The molecule has 1 aliphatic heterocycles. The van der Waals surface area contributed by atoms with Crippen LogP contribution in [0.4, 0.5) is 5.69 Å². The van der Waals surface area contributed by atoms with Crippen LogP contribution in [0.1, 0.15) is 17.5 Å². The molecule has 1 saturated heterocycles. The molecular weight excluding hydrogens is 334 g/mol. The van der Waals surface area contributed by atoms with Crippen LogP contribution in [0.5, 0.6) is 5.75 Å². The quantitative estimate of drug-likeness (QED) is 0.833. The highest BCUT2D eigenvalue weighted by atomic mass is 35.5. The van der Waals surface area contributed by atoms with E-state index in [1.807, 2.05) is 24.3 Å². The molecule has 0 amide bonds. The number of benzene rings is 2. The average molecular weight is 356 g/mol. The van der Waals surface area contributed by atoms with Crippen LogP contribution in [0.15, 0.2) is 42.5 Å². The minimum atomic E-state index is 0.527. The first kappa shape index (κ1) is 17.6. The summed E-state index contributed by atoms with van der Waals surface area (Å²) in [5.41, 5.74) is 2.92. The van der Waals surface area contributed by atoms with Crippen molar-refractivity contribution >= 4 is 17.3 Å². The van der Waals surface area contributed by atoms with Crippen molar-refractivity contribution in [3.05, 3.63) is 58.6 Å². The molecule has 0 bridgehead atoms. The fraction of sp³-hybridized carbons (Fsp3) is 0.350. The SMILES string of the molecule is COc1ccc(CN2CCCN(c3ccc(C#N)c(Cl)c3)CC2)cc1. The Kier molecular flexibility index (Phi) is 5.80. The molecule has 25 heavy (non-hydrogen) atoms. The number of nitriles is 1. The van der Waals surface area contributed by atoms with Gasteiger partial charge in [-0.3, -0.25) is 4.90 Å². The van der Waals surface area contributed by atoms with Crippen molar-refractivity contribution in [3.8, 4) is 11.8 Å². The van der Waals surface area contributed by atoms with Gasteiger partial charge in [-0.1, -0.05) is 23.7 Å². The van der Waals surface area contributed by atoms with Crippen molar-refractivity contribution in [1.82, 2.24) is 4.90 Å². The molecule has 0 radical (unpaired) electrons. The second kappa shape index (κ2) is 8.24. The maximum absolute atomic E-state index is 9.01. The van der Waals surface area contributed by atoms with Gasteiger partial charge in [-0.2, -0.15) is 5.26 Å². The molecule has 0 N–H and O–H groups in total. The van der Waals surface area contributed by atoms with Crippen LogP contribution in [-0.4, -0.2) is 38.2 Å². The molecule has 0 spiro atoms. The monoisotopic (exact) mass is 355 g/mol. The third-order valence-corrected chi connectivity index (χ3v) is 4.90. The minimum absolute atomic E-state index is 0.527. The van der Waals surface area contributed by atoms with Gasteiger partial charge in [-0.05, 0) is 42.3 Å². The normalized spacial score (nSPS) is 15.5. The maximum atomic E-state index is 9.01. The van der Waals surface area contributed by atoms with Gasteiger partial charge in [0.25, 0.3) is 0 Å². The predicted molar refractivity (Wildman–Crippen MR) is 101 cm³/mol. The summed E-state index contributed by atoms with van der Waals surface area (Å²) in [4.78, 5) is 4.83. The summed E-state index contributed by atoms with van der Waals surface area (Å²) in [5.74, 6) is 0.892. The largest absolute Gasteiger partial charge is 0.497 e. The summed E-state index contributed by atoms with van der Waals surface area (Å²) in [5, 5.41) is 9.54. The maximum Gasteiger partial charge on any atom is 0.118 e. The van der Waals surface area contributed by atoms with E-state index in [2.05, 4.69) is 28.0 Å². The van der Waals surface area contributed by atoms with Gasteiger partial charge >= 0.3 is 0 Å². The summed E-state index contributed by atoms with van der Waals surface area (Å²) in [6.07, 6.45) is 1.10. The zero-order valence-corrected chi connectivity index (χ0v) is 15.2. The Morgan fingerprint density at radius 2 is 1.88 bits per heavy atom. The smallest absolute Gasteiger partial charge is 0.118 e. The molecule has 1 fully saturated rings. The highest BCUT2D eigenvalue weighted by molar-refractivity contribution is 6.32. The van der Waals surface area contributed by atoms with Gasteiger partial charge in [0, 0.05) is 38.4 Å². The fourth-order valence-corrected chi connectivity index (χ4v) is 3.38. The molecule has 4 nitrogen and oxygen atoms in total. The number of hydrogen-bond acceptors (Lipinski definition) is 4. The lowest BCUT2D eigenvalue weighted by molar-refractivity contribution is 0.285. The molecule has 2 aromatic carbocycles. The van der Waals surface area contributed by atoms with Gasteiger partial charge in [-0.15, -0.1) is 0 Å². The molecule has 3 rings (SSSR count). The van der Waals surface area contributed by atoms with E-state index in [4.69, 9.17) is 21.6 Å². The Hall–Kier alpha value is -2.22. The van der Waals surface area contributed by atoms with Gasteiger partial charge in [0.1, 0.15) is 11.8 Å². The second-order valence-corrected chi connectivity index (χ2v) is 6.65. The first-order valence-electron chi connectivity index (χ1n) is 8.49. The lowest BCUT2D eigenvalue weighted by Gasteiger charge is -2.24. The zero-order valence-electron chi connectivity index (χ0n) is 14.4. The van der Waals surface area contributed by atoms with Gasteiger partial charge in [0.15, 0.2) is 0 Å². The van der Waals surface area contributed by atoms with Gasteiger partial charge < -0.3 is 9.64 Å². The van der Waals surface area contributed by atoms with E-state index in [-0.39, 0.29) is 0 Å². The topological polar surface area (TPSA) is 39.5 Å². The van der Waals surface area contributed by atoms with E-state index < -0.39 is 0 Å². The molecule has 0 atom stereocenters. The molecule has 1 aliphatic rings. The van der Waals surface area contributed by atoms with Crippen LogP contribution in [0.25, 0.3) is 0 Å². The standard InChI is InChI=1S/C20H22ClN3O/c1-25-19-7-3-16(4-8-19)15-23-9-2-10-24(12-11-23)18-6-5-17(14-22)20(21)13-18/h3-8,13H,2,9-12,15H2,1H3. The predicted octanol–water partition coefficient (Wildman–Crippen LogP) is 3.93. The number of methoxy groups -OCH3 is 1. The summed E-state index contributed by atoms with van der Waals surface area (Å²) >= 11 is 6.18. The average Bonchev–Trinajstić information content (AvgIpc) is 2.88.